The highest BCUT2D eigenvalue weighted by Crippen LogP contribution is 2.26. The van der Waals surface area contributed by atoms with E-state index in [0.29, 0.717) is 6.42 Å². The molecular formula is C28H30N4O2S. The number of aromatic nitrogens is 2. The number of carbonyl (C=O) groups is 1. The molecule has 0 spiro atoms. The van der Waals surface area contributed by atoms with Gasteiger partial charge in [0.2, 0.25) is 5.91 Å². The normalized spacial score (nSPS) is 16.8. The number of aromatic amines is 1. The van der Waals surface area contributed by atoms with Crippen LogP contribution in [-0.4, -0.2) is 45.3 Å². The Morgan fingerprint density at radius 3 is 3.00 bits per heavy atom. The van der Waals surface area contributed by atoms with Gasteiger partial charge in [0.25, 0.3) is 0 Å². The molecule has 0 radical (unpaired) electrons. The summed E-state index contributed by atoms with van der Waals surface area (Å²) in [6, 6.07) is 16.4. The molecule has 1 atom stereocenters. The number of amides is 1. The molecular weight excluding hydrogens is 456 g/mol. The zero-order valence-electron chi connectivity index (χ0n) is 19.8. The van der Waals surface area contributed by atoms with Gasteiger partial charge in [0.1, 0.15) is 0 Å². The third-order valence-electron chi connectivity index (χ3n) is 6.40. The van der Waals surface area contributed by atoms with Crippen LogP contribution in [0.15, 0.2) is 53.9 Å². The molecule has 5 rings (SSSR count). The molecule has 1 fully saturated rings. The summed E-state index contributed by atoms with van der Waals surface area (Å²) in [4.78, 5) is 15.9. The number of aliphatic hydroxyl groups is 1. The highest BCUT2D eigenvalue weighted by Gasteiger charge is 2.17. The summed E-state index contributed by atoms with van der Waals surface area (Å²) in [5, 5.41) is 23.6. The molecule has 2 aromatic carbocycles. The smallest absolute Gasteiger partial charge is 0.229 e. The molecule has 3 N–H and O–H groups in total. The minimum absolute atomic E-state index is 0.0199. The number of aryl methyl sites for hydroxylation is 1. The highest BCUT2D eigenvalue weighted by atomic mass is 32.1. The standard InChI is InChI=1S/C28H30N4O2S/c1-19-13-27-24(16-26(19)29-28(34)15-23-8-4-12-35-23)25(30-31-27)10-9-20-5-2-6-21(14-20)17-32-11-3-7-22(33)18-32/h2,4-6,8-10,12-14,16,22,33H,3,7,11,15,17-18H2,1H3,(H,29,34)(H,30,31)/b10-9+. The number of aliphatic hydroxyl groups excluding tert-OH is 1. The van der Waals surface area contributed by atoms with E-state index in [9.17, 15) is 9.90 Å². The molecule has 35 heavy (non-hydrogen) atoms. The van der Waals surface area contributed by atoms with Crippen LogP contribution < -0.4 is 5.32 Å². The van der Waals surface area contributed by atoms with Gasteiger partial charge < -0.3 is 10.4 Å². The van der Waals surface area contributed by atoms with Crippen LogP contribution in [0.1, 0.15) is 40.1 Å². The Kier molecular flexibility index (Phi) is 7.08. The zero-order valence-corrected chi connectivity index (χ0v) is 20.6. The SMILES string of the molecule is Cc1cc2[nH]nc(/C=C/c3cccc(CN4CCCC(O)C4)c3)c2cc1NC(=O)Cc1cccs1. The number of carbonyl (C=O) groups excluding carboxylic acids is 1. The summed E-state index contributed by atoms with van der Waals surface area (Å²) in [6.07, 6.45) is 6.18. The molecule has 4 aromatic rings. The van der Waals surface area contributed by atoms with E-state index < -0.39 is 0 Å². The molecule has 1 aliphatic rings. The van der Waals surface area contributed by atoms with Crippen molar-refractivity contribution in [3.05, 3.63) is 81.2 Å². The molecule has 0 bridgehead atoms. The van der Waals surface area contributed by atoms with E-state index >= 15 is 0 Å². The number of fused-ring (bicyclic) bond motifs is 1. The Labute approximate surface area is 209 Å². The summed E-state index contributed by atoms with van der Waals surface area (Å²) in [5.41, 5.74) is 5.91. The Hall–Kier alpha value is -3.26. The van der Waals surface area contributed by atoms with Gasteiger partial charge in [-0.1, -0.05) is 36.4 Å². The maximum atomic E-state index is 12.5. The van der Waals surface area contributed by atoms with Crippen molar-refractivity contribution in [3.8, 4) is 0 Å². The first-order valence-corrected chi connectivity index (χ1v) is 12.9. The lowest BCUT2D eigenvalue weighted by Gasteiger charge is -2.30. The highest BCUT2D eigenvalue weighted by molar-refractivity contribution is 7.10. The second-order valence-corrected chi connectivity index (χ2v) is 10.3. The van der Waals surface area contributed by atoms with Crippen LogP contribution in [0.25, 0.3) is 23.1 Å². The summed E-state index contributed by atoms with van der Waals surface area (Å²) in [6.45, 7) is 4.61. The number of H-pyrrole nitrogens is 1. The first-order valence-electron chi connectivity index (χ1n) is 12.0. The molecule has 2 aromatic heterocycles. The molecule has 0 aliphatic carbocycles. The fourth-order valence-electron chi connectivity index (χ4n) is 4.62. The Balaban J connectivity index is 1.31. The van der Waals surface area contributed by atoms with Crippen LogP contribution in [0.3, 0.4) is 0 Å². The first-order chi connectivity index (χ1) is 17.0. The lowest BCUT2D eigenvalue weighted by atomic mass is 10.1. The van der Waals surface area contributed by atoms with Gasteiger partial charge in [0, 0.05) is 29.0 Å². The van der Waals surface area contributed by atoms with Gasteiger partial charge in [0.05, 0.1) is 23.7 Å². The Bertz CT molecular complexity index is 1340. The van der Waals surface area contributed by atoms with Crippen LogP contribution in [0.2, 0.25) is 0 Å². The zero-order chi connectivity index (χ0) is 24.2. The van der Waals surface area contributed by atoms with Crippen molar-refractivity contribution in [3.63, 3.8) is 0 Å². The van der Waals surface area contributed by atoms with Crippen molar-refractivity contribution in [2.45, 2.75) is 38.8 Å². The molecule has 0 saturated carbocycles. The topological polar surface area (TPSA) is 81.2 Å². The van der Waals surface area contributed by atoms with E-state index in [4.69, 9.17) is 0 Å². The van der Waals surface area contributed by atoms with Crippen LogP contribution in [0, 0.1) is 6.92 Å². The Morgan fingerprint density at radius 1 is 1.26 bits per heavy atom. The molecule has 180 valence electrons. The van der Waals surface area contributed by atoms with E-state index in [-0.39, 0.29) is 12.0 Å². The van der Waals surface area contributed by atoms with E-state index in [1.807, 2.05) is 42.6 Å². The Morgan fingerprint density at radius 2 is 2.17 bits per heavy atom. The van der Waals surface area contributed by atoms with Gasteiger partial charge in [-0.3, -0.25) is 14.8 Å². The maximum absolute atomic E-state index is 12.5. The minimum atomic E-state index is -0.214. The number of rotatable bonds is 7. The number of benzene rings is 2. The predicted octanol–water partition coefficient (Wildman–Crippen LogP) is 5.24. The predicted molar refractivity (Wildman–Crippen MR) is 143 cm³/mol. The lowest BCUT2D eigenvalue weighted by molar-refractivity contribution is -0.115. The average Bonchev–Trinajstić information content (AvgIpc) is 3.48. The maximum Gasteiger partial charge on any atom is 0.229 e. The number of piperidine rings is 1. The number of anilines is 1. The second-order valence-electron chi connectivity index (χ2n) is 9.24. The number of thiophene rings is 1. The van der Waals surface area contributed by atoms with E-state index in [1.165, 1.54) is 5.56 Å². The van der Waals surface area contributed by atoms with Gasteiger partial charge in [0.15, 0.2) is 0 Å². The third-order valence-corrected chi connectivity index (χ3v) is 7.27. The van der Waals surface area contributed by atoms with E-state index in [1.54, 1.807) is 11.3 Å². The third kappa shape index (κ3) is 5.88. The minimum Gasteiger partial charge on any atom is -0.392 e. The van der Waals surface area contributed by atoms with Crippen molar-refractivity contribution in [2.75, 3.05) is 18.4 Å². The largest absolute Gasteiger partial charge is 0.392 e. The van der Waals surface area contributed by atoms with Gasteiger partial charge in [-0.2, -0.15) is 5.10 Å². The monoisotopic (exact) mass is 486 g/mol. The van der Waals surface area contributed by atoms with E-state index in [2.05, 4.69) is 50.8 Å². The van der Waals surface area contributed by atoms with Gasteiger partial charge in [-0.05, 0) is 72.7 Å². The number of likely N-dealkylation sites (tertiary alicyclic amines) is 1. The summed E-state index contributed by atoms with van der Waals surface area (Å²) in [5.74, 6) is -0.0199. The molecule has 1 unspecified atom stereocenters. The summed E-state index contributed by atoms with van der Waals surface area (Å²) < 4.78 is 0. The fourth-order valence-corrected chi connectivity index (χ4v) is 5.33. The van der Waals surface area contributed by atoms with Crippen molar-refractivity contribution < 1.29 is 9.90 Å². The molecule has 1 amide bonds. The van der Waals surface area contributed by atoms with Gasteiger partial charge >= 0.3 is 0 Å². The van der Waals surface area contributed by atoms with Crippen LogP contribution in [-0.2, 0) is 17.8 Å². The van der Waals surface area contributed by atoms with Crippen molar-refractivity contribution in [1.82, 2.24) is 15.1 Å². The van der Waals surface area contributed by atoms with Gasteiger partial charge in [-0.25, -0.2) is 0 Å². The fraction of sp³-hybridized carbons (Fsp3) is 0.286. The molecule has 7 heteroatoms. The van der Waals surface area contributed by atoms with Crippen LogP contribution in [0.5, 0.6) is 0 Å². The van der Waals surface area contributed by atoms with Crippen molar-refractivity contribution in [1.29, 1.82) is 0 Å². The quantitative estimate of drug-likeness (QED) is 0.334. The summed E-state index contributed by atoms with van der Waals surface area (Å²) in [7, 11) is 0. The van der Waals surface area contributed by atoms with Crippen LogP contribution in [0.4, 0.5) is 5.69 Å². The number of hydrogen-bond donors (Lipinski definition) is 3. The number of β-amino-alcohol motifs (C(OH)–C–C–N with tert-alkyl or cyclic N) is 1. The number of nitrogens with one attached hydrogen (secondary N) is 2. The number of hydrogen-bond acceptors (Lipinski definition) is 5. The van der Waals surface area contributed by atoms with Crippen molar-refractivity contribution >= 4 is 46.0 Å². The average molecular weight is 487 g/mol. The molecule has 6 nitrogen and oxygen atoms in total. The van der Waals surface area contributed by atoms with Crippen molar-refractivity contribution in [2.24, 2.45) is 0 Å². The molecule has 1 aliphatic heterocycles. The van der Waals surface area contributed by atoms with Gasteiger partial charge in [-0.15, -0.1) is 11.3 Å². The van der Waals surface area contributed by atoms with Crippen LogP contribution >= 0.6 is 11.3 Å². The number of nitrogens with zero attached hydrogens (tertiary/aromatic N) is 2. The van der Waals surface area contributed by atoms with E-state index in [0.717, 1.165) is 70.8 Å². The molecule has 1 saturated heterocycles. The first kappa shape index (κ1) is 23.5. The summed E-state index contributed by atoms with van der Waals surface area (Å²) >= 11 is 1.59. The molecule has 3 heterocycles. The second kappa shape index (κ2) is 10.6. The lowest BCUT2D eigenvalue weighted by Crippen LogP contribution is -2.37.